The molecule has 0 radical (unpaired) electrons. The van der Waals surface area contributed by atoms with Crippen LogP contribution in [0, 0.1) is 23.4 Å². The summed E-state index contributed by atoms with van der Waals surface area (Å²) in [5, 5.41) is 11.0. The van der Waals surface area contributed by atoms with E-state index in [1.54, 1.807) is 17.0 Å². The van der Waals surface area contributed by atoms with Gasteiger partial charge in [0.25, 0.3) is 0 Å². The summed E-state index contributed by atoms with van der Waals surface area (Å²) in [6.07, 6.45) is 7.31. The van der Waals surface area contributed by atoms with Crippen LogP contribution in [-0.4, -0.2) is 64.0 Å². The van der Waals surface area contributed by atoms with E-state index in [1.807, 2.05) is 11.1 Å². The van der Waals surface area contributed by atoms with Crippen LogP contribution >= 0.6 is 0 Å². The Morgan fingerprint density at radius 1 is 0.921 bits per heavy atom. The van der Waals surface area contributed by atoms with E-state index < -0.39 is 23.6 Å². The predicted molar refractivity (Wildman–Crippen MR) is 138 cm³/mol. The van der Waals surface area contributed by atoms with Crippen LogP contribution in [0.5, 0.6) is 0 Å². The quantitative estimate of drug-likeness (QED) is 0.436. The first kappa shape index (κ1) is 26.0. The van der Waals surface area contributed by atoms with Crippen molar-refractivity contribution in [1.29, 1.82) is 0 Å². The number of aromatic amines is 1. The van der Waals surface area contributed by atoms with Gasteiger partial charge in [-0.2, -0.15) is 0 Å². The van der Waals surface area contributed by atoms with Crippen LogP contribution < -0.4 is 0 Å². The number of nitrogens with zero attached hydrogens (tertiary/aromatic N) is 2. The van der Waals surface area contributed by atoms with E-state index in [4.69, 9.17) is 0 Å². The maximum absolute atomic E-state index is 13.8. The van der Waals surface area contributed by atoms with Crippen molar-refractivity contribution < 1.29 is 27.9 Å². The van der Waals surface area contributed by atoms with Gasteiger partial charge in [0.15, 0.2) is 0 Å². The molecule has 2 fully saturated rings. The third kappa shape index (κ3) is 5.62. The first-order valence-corrected chi connectivity index (χ1v) is 12.9. The van der Waals surface area contributed by atoms with Gasteiger partial charge in [-0.1, -0.05) is 0 Å². The molecule has 1 amide bonds. The second kappa shape index (κ2) is 11.0. The van der Waals surface area contributed by atoms with E-state index in [2.05, 4.69) is 4.98 Å². The van der Waals surface area contributed by atoms with Crippen LogP contribution in [0.3, 0.4) is 0 Å². The molecule has 38 heavy (non-hydrogen) atoms. The highest BCUT2D eigenvalue weighted by atomic mass is 19.1. The van der Waals surface area contributed by atoms with Gasteiger partial charge in [-0.25, -0.2) is 13.2 Å². The summed E-state index contributed by atoms with van der Waals surface area (Å²) in [5.74, 6) is -2.67. The van der Waals surface area contributed by atoms with E-state index in [-0.39, 0.29) is 29.1 Å². The van der Waals surface area contributed by atoms with Crippen molar-refractivity contribution in [2.75, 3.05) is 26.2 Å². The van der Waals surface area contributed by atoms with Crippen molar-refractivity contribution in [3.63, 3.8) is 0 Å². The average Bonchev–Trinajstić information content (AvgIpc) is 3.30. The second-order valence-electron chi connectivity index (χ2n) is 10.2. The minimum atomic E-state index is -0.851. The molecule has 9 heteroatoms. The van der Waals surface area contributed by atoms with Gasteiger partial charge in [0.1, 0.15) is 23.5 Å². The maximum Gasteiger partial charge on any atom is 0.321 e. The molecule has 5 rings (SSSR count). The van der Waals surface area contributed by atoms with Crippen molar-refractivity contribution in [1.82, 2.24) is 14.8 Å². The van der Waals surface area contributed by atoms with Crippen LogP contribution in [0.25, 0.3) is 17.0 Å². The Hall–Kier alpha value is -3.59. The van der Waals surface area contributed by atoms with Gasteiger partial charge in [-0.15, -0.1) is 0 Å². The molecule has 1 atom stereocenters. The van der Waals surface area contributed by atoms with Gasteiger partial charge in [0.05, 0.1) is 0 Å². The Kier molecular flexibility index (Phi) is 7.56. The molecular weight excluding hydrogens is 495 g/mol. The summed E-state index contributed by atoms with van der Waals surface area (Å²) in [7, 11) is 0. The predicted octanol–water partition coefficient (Wildman–Crippen LogP) is 5.17. The second-order valence-corrected chi connectivity index (χ2v) is 10.2. The summed E-state index contributed by atoms with van der Waals surface area (Å²) in [4.78, 5) is 31.8. The van der Waals surface area contributed by atoms with Gasteiger partial charge in [-0.05, 0) is 98.1 Å². The van der Waals surface area contributed by atoms with Crippen LogP contribution in [0.4, 0.5) is 13.2 Å². The monoisotopic (exact) mass is 525 g/mol. The number of fused-ring (bicyclic) bond motifs is 1. The van der Waals surface area contributed by atoms with Gasteiger partial charge in [0, 0.05) is 42.3 Å². The largest absolute Gasteiger partial charge is 0.480 e. The number of benzene rings is 2. The van der Waals surface area contributed by atoms with Gasteiger partial charge in [-0.3, -0.25) is 14.5 Å². The fourth-order valence-corrected chi connectivity index (χ4v) is 5.98. The molecule has 2 N–H and O–H groups in total. The molecular formula is C29H30F3N3O3. The number of hydrogen-bond acceptors (Lipinski definition) is 3. The minimum Gasteiger partial charge on any atom is -0.480 e. The number of H-pyrrole nitrogens is 1. The van der Waals surface area contributed by atoms with Gasteiger partial charge in [0.2, 0.25) is 5.91 Å². The molecule has 1 aromatic heterocycles. The molecule has 0 spiro atoms. The number of aliphatic carboxylic acids is 1. The molecule has 2 aromatic carbocycles. The third-order valence-electron chi connectivity index (χ3n) is 7.89. The summed E-state index contributed by atoms with van der Waals surface area (Å²) in [6.45, 7) is 2.12. The minimum absolute atomic E-state index is 0.0865. The first-order chi connectivity index (χ1) is 18.3. The number of carbonyl (C=O) groups is 2. The molecule has 3 heterocycles. The zero-order valence-electron chi connectivity index (χ0n) is 20.9. The number of carboxylic acids is 1. The Balaban J connectivity index is 1.17. The molecule has 2 aliphatic heterocycles. The molecule has 0 aliphatic carbocycles. The lowest BCUT2D eigenvalue weighted by atomic mass is 9.84. The van der Waals surface area contributed by atoms with Gasteiger partial charge < -0.3 is 15.0 Å². The summed E-state index contributed by atoms with van der Waals surface area (Å²) < 4.78 is 40.6. The summed E-state index contributed by atoms with van der Waals surface area (Å²) in [6, 6.07) is 7.16. The number of nitrogens with one attached hydrogen (secondary N) is 1. The Bertz CT molecular complexity index is 1340. The number of aromatic nitrogens is 1. The van der Waals surface area contributed by atoms with Crippen LogP contribution in [-0.2, 0) is 9.59 Å². The van der Waals surface area contributed by atoms with E-state index in [9.17, 15) is 27.9 Å². The average molecular weight is 526 g/mol. The maximum atomic E-state index is 13.8. The van der Waals surface area contributed by atoms with E-state index in [0.717, 1.165) is 47.5 Å². The fraction of sp³-hybridized carbons (Fsp3) is 0.379. The molecule has 2 saturated heterocycles. The standard InChI is InChI=1S/C29H30F3N3O3/c30-21-2-3-26-24(16-21)25(17-33-26)19-5-11-35(12-6-19)28(29(37)38)20-7-9-34(10-8-20)27(36)4-1-18-13-22(31)15-23(32)14-18/h1-4,13-17,19-20,28,33H,5-12H2,(H,37,38). The SMILES string of the molecule is O=C(O)C(C1CCN(C(=O)C=Cc2cc(F)cc(F)c2)CC1)N1CCC(c2c[nH]c3ccc(F)cc23)CC1. The Labute approximate surface area is 218 Å². The number of piperidine rings is 2. The molecule has 3 aromatic rings. The van der Waals surface area contributed by atoms with Crippen molar-refractivity contribution in [3.8, 4) is 0 Å². The van der Waals surface area contributed by atoms with E-state index >= 15 is 0 Å². The van der Waals surface area contributed by atoms with Crippen LogP contribution in [0.1, 0.15) is 42.7 Å². The zero-order valence-corrected chi connectivity index (χ0v) is 20.9. The molecule has 6 nitrogen and oxygen atoms in total. The number of hydrogen-bond donors (Lipinski definition) is 2. The van der Waals surface area contributed by atoms with Crippen molar-refractivity contribution >= 4 is 28.9 Å². The Morgan fingerprint density at radius 2 is 1.61 bits per heavy atom. The number of halogens is 3. The van der Waals surface area contributed by atoms with Gasteiger partial charge >= 0.3 is 5.97 Å². The first-order valence-electron chi connectivity index (χ1n) is 12.9. The van der Waals surface area contributed by atoms with Crippen molar-refractivity contribution in [3.05, 3.63) is 77.2 Å². The number of amides is 1. The number of rotatable bonds is 6. The highest BCUT2D eigenvalue weighted by Gasteiger charge is 2.38. The molecule has 2 aliphatic rings. The molecule has 0 saturated carbocycles. The van der Waals surface area contributed by atoms with E-state index in [0.29, 0.717) is 39.0 Å². The Morgan fingerprint density at radius 3 is 2.26 bits per heavy atom. The fourth-order valence-electron chi connectivity index (χ4n) is 5.98. The van der Waals surface area contributed by atoms with Crippen LogP contribution in [0.15, 0.2) is 48.7 Å². The van der Waals surface area contributed by atoms with Crippen molar-refractivity contribution in [2.45, 2.75) is 37.6 Å². The lowest BCUT2D eigenvalue weighted by Crippen LogP contribution is -2.52. The summed E-state index contributed by atoms with van der Waals surface area (Å²) in [5.41, 5.74) is 2.23. The molecule has 200 valence electrons. The van der Waals surface area contributed by atoms with Crippen molar-refractivity contribution in [2.24, 2.45) is 5.92 Å². The smallest absolute Gasteiger partial charge is 0.321 e. The number of carbonyl (C=O) groups excluding carboxylic acids is 1. The third-order valence-corrected chi connectivity index (χ3v) is 7.89. The summed E-state index contributed by atoms with van der Waals surface area (Å²) >= 11 is 0. The highest BCUT2D eigenvalue weighted by molar-refractivity contribution is 5.91. The normalized spacial score (nSPS) is 18.9. The zero-order chi connectivity index (χ0) is 26.8. The van der Waals surface area contributed by atoms with E-state index in [1.165, 1.54) is 18.2 Å². The number of likely N-dealkylation sites (tertiary alicyclic amines) is 2. The molecule has 1 unspecified atom stereocenters. The lowest BCUT2D eigenvalue weighted by molar-refractivity contribution is -0.147. The molecule has 0 bridgehead atoms. The number of carboxylic acid groups (broad SMARTS) is 1. The highest BCUT2D eigenvalue weighted by Crippen LogP contribution is 2.35. The van der Waals surface area contributed by atoms with Crippen LogP contribution in [0.2, 0.25) is 0 Å². The lowest BCUT2D eigenvalue weighted by Gasteiger charge is -2.41. The topological polar surface area (TPSA) is 76.6 Å².